The number of rotatable bonds is 3. The Morgan fingerprint density at radius 3 is 2.62 bits per heavy atom. The predicted octanol–water partition coefficient (Wildman–Crippen LogP) is 1.62. The summed E-state index contributed by atoms with van der Waals surface area (Å²) in [5.74, 6) is 0. The highest BCUT2D eigenvalue weighted by Crippen LogP contribution is 1.78. The van der Waals surface area contributed by atoms with Crippen LogP contribution in [0.15, 0.2) is 12.2 Å². The summed E-state index contributed by atoms with van der Waals surface area (Å²) in [5.41, 5.74) is 0.256. The molecule has 0 aliphatic rings. The Bertz CT molecular complexity index is 114. The highest BCUT2D eigenvalue weighted by Gasteiger charge is 1.76. The van der Waals surface area contributed by atoms with Crippen molar-refractivity contribution in [3.05, 3.63) is 12.2 Å². The molecule has 0 aliphatic heterocycles. The lowest BCUT2D eigenvalue weighted by molar-refractivity contribution is 1.23. The van der Waals surface area contributed by atoms with E-state index in [1.54, 1.807) is 6.08 Å². The molecule has 2 N–H and O–H groups in total. The summed E-state index contributed by atoms with van der Waals surface area (Å²) in [6, 6.07) is 0. The maximum Gasteiger partial charge on any atom is 0.0712 e. The highest BCUT2D eigenvalue weighted by atomic mass is 14.4. The lowest BCUT2D eigenvalue weighted by atomic mass is 10.3. The van der Waals surface area contributed by atoms with Gasteiger partial charge in [0.25, 0.3) is 0 Å². The molecule has 0 rings (SSSR count). The minimum Gasteiger partial charge on any atom is -0.307 e. The Hall–Kier alpha value is -0.920. The summed E-state index contributed by atoms with van der Waals surface area (Å²) in [6.45, 7) is 1.99. The summed E-state index contributed by atoms with van der Waals surface area (Å²) >= 11 is 0. The smallest absolute Gasteiger partial charge is 0.0712 e. The van der Waals surface area contributed by atoms with Crippen molar-refractivity contribution in [1.82, 2.24) is 0 Å². The molecule has 0 amide bonds. The van der Waals surface area contributed by atoms with Crippen LogP contribution in [-0.2, 0) is 0 Å². The third kappa shape index (κ3) is 3.28. The van der Waals surface area contributed by atoms with E-state index in [1.807, 2.05) is 13.0 Å². The molecule has 44 valence electrons. The summed E-state index contributed by atoms with van der Waals surface area (Å²) in [4.78, 5) is 0. The van der Waals surface area contributed by atoms with Crippen LogP contribution < -0.4 is 0 Å². The maximum atomic E-state index is 6.91. The largest absolute Gasteiger partial charge is 0.307 e. The Labute approximate surface area is 49.2 Å². The lowest BCUT2D eigenvalue weighted by Crippen LogP contribution is -1.88. The van der Waals surface area contributed by atoms with Gasteiger partial charge >= 0.3 is 0 Å². The molecular formula is C6H10N2. The van der Waals surface area contributed by atoms with Crippen molar-refractivity contribution in [1.29, 1.82) is 10.8 Å². The SMILES string of the molecule is CC/C=C\C(=N)C=N. The van der Waals surface area contributed by atoms with Gasteiger partial charge < -0.3 is 5.41 Å². The van der Waals surface area contributed by atoms with E-state index >= 15 is 0 Å². The number of nitrogens with one attached hydrogen (secondary N) is 2. The van der Waals surface area contributed by atoms with Crippen LogP contribution in [0.1, 0.15) is 13.3 Å². The van der Waals surface area contributed by atoms with Crippen LogP contribution in [0.2, 0.25) is 0 Å². The summed E-state index contributed by atoms with van der Waals surface area (Å²) in [6.07, 6.45) is 5.42. The van der Waals surface area contributed by atoms with Gasteiger partial charge in [-0.25, -0.2) is 0 Å². The van der Waals surface area contributed by atoms with E-state index in [0.717, 1.165) is 12.6 Å². The molecule has 0 spiro atoms. The van der Waals surface area contributed by atoms with E-state index in [2.05, 4.69) is 0 Å². The summed E-state index contributed by atoms with van der Waals surface area (Å²) in [5, 5.41) is 13.5. The molecule has 0 aromatic heterocycles. The monoisotopic (exact) mass is 110 g/mol. The van der Waals surface area contributed by atoms with Gasteiger partial charge in [-0.3, -0.25) is 5.41 Å². The van der Waals surface area contributed by atoms with E-state index in [4.69, 9.17) is 10.8 Å². The van der Waals surface area contributed by atoms with Crippen LogP contribution in [0.4, 0.5) is 0 Å². The van der Waals surface area contributed by atoms with Gasteiger partial charge in [-0.1, -0.05) is 13.0 Å². The zero-order chi connectivity index (χ0) is 6.41. The van der Waals surface area contributed by atoms with Crippen LogP contribution in [-0.4, -0.2) is 11.9 Å². The first-order valence-corrected chi connectivity index (χ1v) is 2.56. The fraction of sp³-hybridized carbons (Fsp3) is 0.333. The van der Waals surface area contributed by atoms with Crippen molar-refractivity contribution in [2.45, 2.75) is 13.3 Å². The van der Waals surface area contributed by atoms with E-state index in [1.165, 1.54) is 0 Å². The number of hydrogen-bond donors (Lipinski definition) is 2. The average Bonchev–Trinajstić information content (AvgIpc) is 1.83. The zero-order valence-electron chi connectivity index (χ0n) is 4.94. The number of hydrogen-bond acceptors (Lipinski definition) is 2. The molecule has 0 radical (unpaired) electrons. The second kappa shape index (κ2) is 4.24. The van der Waals surface area contributed by atoms with Gasteiger partial charge in [-0.15, -0.1) is 0 Å². The molecule has 0 heterocycles. The van der Waals surface area contributed by atoms with Crippen molar-refractivity contribution in [2.24, 2.45) is 0 Å². The van der Waals surface area contributed by atoms with Gasteiger partial charge in [0.15, 0.2) is 0 Å². The standard InChI is InChI=1S/C6H10N2/c1-2-3-4-6(8)5-7/h3-5,7-8H,2H2,1H3/b4-3-,7-5?,8-6?. The molecule has 0 aromatic carbocycles. The fourth-order valence-corrected chi connectivity index (χ4v) is 0.293. The molecule has 0 saturated heterocycles. The van der Waals surface area contributed by atoms with E-state index in [-0.39, 0.29) is 5.71 Å². The first-order valence-electron chi connectivity index (χ1n) is 2.56. The maximum absolute atomic E-state index is 6.91. The van der Waals surface area contributed by atoms with Crippen LogP contribution in [0.3, 0.4) is 0 Å². The molecule has 0 aliphatic carbocycles. The fourth-order valence-electron chi connectivity index (χ4n) is 0.293. The summed E-state index contributed by atoms with van der Waals surface area (Å²) in [7, 11) is 0. The molecule has 0 atom stereocenters. The van der Waals surface area contributed by atoms with Crippen molar-refractivity contribution >= 4 is 11.9 Å². The van der Waals surface area contributed by atoms with Gasteiger partial charge in [-0.2, -0.15) is 0 Å². The van der Waals surface area contributed by atoms with Crippen LogP contribution in [0.5, 0.6) is 0 Å². The van der Waals surface area contributed by atoms with Gasteiger partial charge in [0.2, 0.25) is 0 Å². The van der Waals surface area contributed by atoms with Crippen LogP contribution in [0, 0.1) is 10.8 Å². The first-order chi connectivity index (χ1) is 3.81. The van der Waals surface area contributed by atoms with Crippen molar-refractivity contribution in [2.75, 3.05) is 0 Å². The topological polar surface area (TPSA) is 47.7 Å². The van der Waals surface area contributed by atoms with Gasteiger partial charge in [-0.05, 0) is 12.5 Å². The van der Waals surface area contributed by atoms with E-state index in [0.29, 0.717) is 0 Å². The van der Waals surface area contributed by atoms with Gasteiger partial charge in [0.1, 0.15) is 0 Å². The van der Waals surface area contributed by atoms with E-state index in [9.17, 15) is 0 Å². The second-order valence-corrected chi connectivity index (χ2v) is 1.41. The predicted molar refractivity (Wildman–Crippen MR) is 35.9 cm³/mol. The van der Waals surface area contributed by atoms with Crippen LogP contribution in [0.25, 0.3) is 0 Å². The van der Waals surface area contributed by atoms with Crippen LogP contribution >= 0.6 is 0 Å². The molecule has 0 bridgehead atoms. The average molecular weight is 110 g/mol. The number of allylic oxidation sites excluding steroid dienone is 2. The third-order valence-corrected chi connectivity index (χ3v) is 0.689. The first kappa shape index (κ1) is 7.08. The van der Waals surface area contributed by atoms with Crippen molar-refractivity contribution in [3.63, 3.8) is 0 Å². The minimum atomic E-state index is 0.256. The molecule has 0 saturated carbocycles. The molecular weight excluding hydrogens is 100 g/mol. The molecule has 0 unspecified atom stereocenters. The van der Waals surface area contributed by atoms with E-state index < -0.39 is 0 Å². The van der Waals surface area contributed by atoms with Gasteiger partial charge in [0, 0.05) is 6.21 Å². The second-order valence-electron chi connectivity index (χ2n) is 1.41. The highest BCUT2D eigenvalue weighted by molar-refractivity contribution is 6.33. The lowest BCUT2D eigenvalue weighted by Gasteiger charge is -1.79. The summed E-state index contributed by atoms with van der Waals surface area (Å²) < 4.78 is 0. The molecule has 0 fully saturated rings. The Balaban J connectivity index is 3.52. The molecule has 2 heteroatoms. The Kier molecular flexibility index (Phi) is 3.76. The van der Waals surface area contributed by atoms with Crippen molar-refractivity contribution < 1.29 is 0 Å². The normalized spacial score (nSPS) is 9.62. The quantitative estimate of drug-likeness (QED) is 0.519. The Morgan fingerprint density at radius 1 is 1.62 bits per heavy atom. The third-order valence-electron chi connectivity index (χ3n) is 0.689. The Morgan fingerprint density at radius 2 is 2.25 bits per heavy atom. The van der Waals surface area contributed by atoms with Crippen molar-refractivity contribution in [3.8, 4) is 0 Å². The zero-order valence-corrected chi connectivity index (χ0v) is 4.94. The molecule has 8 heavy (non-hydrogen) atoms. The minimum absolute atomic E-state index is 0.256. The molecule has 2 nitrogen and oxygen atoms in total. The molecule has 0 aromatic rings. The van der Waals surface area contributed by atoms with Gasteiger partial charge in [0.05, 0.1) is 5.71 Å².